The van der Waals surface area contributed by atoms with Crippen LogP contribution in [0.2, 0.25) is 0 Å². The van der Waals surface area contributed by atoms with Gasteiger partial charge in [-0.25, -0.2) is 0 Å². The number of aromatic nitrogens is 2. The van der Waals surface area contributed by atoms with Gasteiger partial charge in [-0.1, -0.05) is 0 Å². The van der Waals surface area contributed by atoms with Crippen molar-refractivity contribution < 1.29 is 9.21 Å². The lowest BCUT2D eigenvalue weighted by molar-refractivity contribution is 0.0935. The Balaban J connectivity index is 0.00000147. The second-order valence-electron chi connectivity index (χ2n) is 4.74. The average molecular weight is 297 g/mol. The third-order valence-corrected chi connectivity index (χ3v) is 3.21. The highest BCUT2D eigenvalue weighted by Crippen LogP contribution is 2.20. The summed E-state index contributed by atoms with van der Waals surface area (Å²) in [5, 5.41) is 13.0. The zero-order chi connectivity index (χ0) is 13.2. The first-order chi connectivity index (χ1) is 9.22. The summed E-state index contributed by atoms with van der Waals surface area (Å²) in [7, 11) is 0. The number of carbonyl (C=O) groups is 1. The van der Waals surface area contributed by atoms with Crippen molar-refractivity contribution in [1.82, 2.24) is 20.8 Å². The fraction of sp³-hybridized carbons (Fsp3) is 0.385. The summed E-state index contributed by atoms with van der Waals surface area (Å²) < 4.78 is 5.48. The van der Waals surface area contributed by atoms with Crippen molar-refractivity contribution in [2.24, 2.45) is 0 Å². The fourth-order valence-electron chi connectivity index (χ4n) is 2.18. The molecule has 3 N–H and O–H groups in total. The van der Waals surface area contributed by atoms with E-state index >= 15 is 0 Å². The second kappa shape index (κ2) is 6.11. The van der Waals surface area contributed by atoms with E-state index in [-0.39, 0.29) is 24.4 Å². The van der Waals surface area contributed by atoms with Crippen LogP contribution >= 0.6 is 12.4 Å². The summed E-state index contributed by atoms with van der Waals surface area (Å²) in [6, 6.07) is 5.63. The zero-order valence-corrected chi connectivity index (χ0v) is 11.9. The van der Waals surface area contributed by atoms with Crippen LogP contribution in [0.1, 0.15) is 22.7 Å². The minimum absolute atomic E-state index is 0. The van der Waals surface area contributed by atoms with Crippen molar-refractivity contribution in [3.8, 4) is 11.5 Å². The first kappa shape index (κ1) is 14.6. The smallest absolute Gasteiger partial charge is 0.272 e. The number of nitrogens with zero attached hydrogens (tertiary/aromatic N) is 1. The second-order valence-corrected chi connectivity index (χ2v) is 4.74. The molecule has 1 aliphatic heterocycles. The lowest BCUT2D eigenvalue weighted by Gasteiger charge is -2.08. The van der Waals surface area contributed by atoms with E-state index in [9.17, 15) is 4.79 Å². The quantitative estimate of drug-likeness (QED) is 0.801. The number of furan rings is 1. The molecule has 0 aromatic carbocycles. The van der Waals surface area contributed by atoms with E-state index in [0.29, 0.717) is 17.1 Å². The van der Waals surface area contributed by atoms with Crippen LogP contribution in [0.15, 0.2) is 22.6 Å². The van der Waals surface area contributed by atoms with Crippen molar-refractivity contribution in [2.75, 3.05) is 13.1 Å². The van der Waals surface area contributed by atoms with Crippen LogP contribution in [0.3, 0.4) is 0 Å². The highest BCUT2D eigenvalue weighted by atomic mass is 35.5. The minimum Gasteiger partial charge on any atom is -0.460 e. The summed E-state index contributed by atoms with van der Waals surface area (Å²) in [6.45, 7) is 3.64. The van der Waals surface area contributed by atoms with Crippen molar-refractivity contribution in [1.29, 1.82) is 0 Å². The molecule has 20 heavy (non-hydrogen) atoms. The molecule has 2 aromatic heterocycles. The SMILES string of the molecule is Cc1ccc(-c2cc(C(=O)NC3CCNC3)n[nH]2)o1.Cl. The molecule has 0 saturated carbocycles. The number of aromatic amines is 1. The molecule has 1 saturated heterocycles. The van der Waals surface area contributed by atoms with Gasteiger partial charge in [0.1, 0.15) is 11.5 Å². The molecule has 2 aromatic rings. The van der Waals surface area contributed by atoms with Gasteiger partial charge in [-0.3, -0.25) is 9.89 Å². The number of hydrogen-bond donors (Lipinski definition) is 3. The van der Waals surface area contributed by atoms with E-state index in [1.807, 2.05) is 19.1 Å². The molecule has 7 heteroatoms. The molecule has 1 unspecified atom stereocenters. The lowest BCUT2D eigenvalue weighted by Crippen LogP contribution is -2.36. The van der Waals surface area contributed by atoms with Crippen molar-refractivity contribution >= 4 is 18.3 Å². The standard InChI is InChI=1S/C13H16N4O2.ClH/c1-8-2-3-12(19-8)10-6-11(17-16-10)13(18)15-9-4-5-14-7-9;/h2-3,6,9,14H,4-5,7H2,1H3,(H,15,18)(H,16,17);1H. The third-order valence-electron chi connectivity index (χ3n) is 3.21. The van der Waals surface area contributed by atoms with Crippen molar-refractivity contribution in [3.63, 3.8) is 0 Å². The highest BCUT2D eigenvalue weighted by molar-refractivity contribution is 5.93. The van der Waals surface area contributed by atoms with Crippen LogP contribution in [0.4, 0.5) is 0 Å². The Labute approximate surface area is 122 Å². The zero-order valence-electron chi connectivity index (χ0n) is 11.1. The van der Waals surface area contributed by atoms with E-state index in [1.54, 1.807) is 6.07 Å². The number of amides is 1. The van der Waals surface area contributed by atoms with Gasteiger partial charge in [0, 0.05) is 18.7 Å². The maximum absolute atomic E-state index is 12.0. The van der Waals surface area contributed by atoms with Gasteiger partial charge in [0.15, 0.2) is 11.5 Å². The molecule has 1 fully saturated rings. The first-order valence-corrected chi connectivity index (χ1v) is 6.36. The minimum atomic E-state index is -0.153. The molecular weight excluding hydrogens is 280 g/mol. The van der Waals surface area contributed by atoms with Gasteiger partial charge in [0.25, 0.3) is 5.91 Å². The van der Waals surface area contributed by atoms with E-state index in [2.05, 4.69) is 20.8 Å². The number of halogens is 1. The third kappa shape index (κ3) is 3.02. The van der Waals surface area contributed by atoms with Gasteiger partial charge >= 0.3 is 0 Å². The Hall–Kier alpha value is -1.79. The summed E-state index contributed by atoms with van der Waals surface area (Å²) in [6.07, 6.45) is 0.959. The monoisotopic (exact) mass is 296 g/mol. The summed E-state index contributed by atoms with van der Waals surface area (Å²) in [4.78, 5) is 12.0. The largest absolute Gasteiger partial charge is 0.460 e. The molecule has 1 atom stereocenters. The Morgan fingerprint density at radius 3 is 3.00 bits per heavy atom. The molecule has 3 heterocycles. The summed E-state index contributed by atoms with van der Waals surface area (Å²) in [5.74, 6) is 1.36. The number of aryl methyl sites for hydroxylation is 1. The lowest BCUT2D eigenvalue weighted by atomic mass is 10.2. The van der Waals surface area contributed by atoms with Gasteiger partial charge in [0.05, 0.1) is 0 Å². The Morgan fingerprint density at radius 2 is 2.35 bits per heavy atom. The van der Waals surface area contributed by atoms with Crippen LogP contribution in [0.5, 0.6) is 0 Å². The topological polar surface area (TPSA) is 83.0 Å². The Kier molecular flexibility index (Phi) is 4.46. The number of nitrogens with one attached hydrogen (secondary N) is 3. The van der Waals surface area contributed by atoms with Crippen LogP contribution in [0.25, 0.3) is 11.5 Å². The van der Waals surface area contributed by atoms with Crippen LogP contribution in [0, 0.1) is 6.92 Å². The Morgan fingerprint density at radius 1 is 1.50 bits per heavy atom. The van der Waals surface area contributed by atoms with Gasteiger partial charge in [-0.2, -0.15) is 5.10 Å². The normalized spacial score (nSPS) is 17.8. The van der Waals surface area contributed by atoms with Gasteiger partial charge in [-0.05, 0) is 32.0 Å². The van der Waals surface area contributed by atoms with Crippen molar-refractivity contribution in [3.05, 3.63) is 29.7 Å². The van der Waals surface area contributed by atoms with E-state index in [0.717, 1.165) is 25.3 Å². The van der Waals surface area contributed by atoms with Crippen molar-refractivity contribution in [2.45, 2.75) is 19.4 Å². The molecular formula is C13H17ClN4O2. The molecule has 3 rings (SSSR count). The molecule has 108 valence electrons. The van der Waals surface area contributed by atoms with Crippen LogP contribution in [-0.2, 0) is 0 Å². The summed E-state index contributed by atoms with van der Waals surface area (Å²) >= 11 is 0. The maximum atomic E-state index is 12.0. The number of hydrogen-bond acceptors (Lipinski definition) is 4. The molecule has 1 amide bonds. The fourth-order valence-corrected chi connectivity index (χ4v) is 2.18. The molecule has 0 bridgehead atoms. The van der Waals surface area contributed by atoms with Crippen LogP contribution < -0.4 is 10.6 Å². The first-order valence-electron chi connectivity index (χ1n) is 6.36. The predicted molar refractivity (Wildman–Crippen MR) is 77.0 cm³/mol. The molecule has 0 aliphatic carbocycles. The molecule has 0 radical (unpaired) electrons. The number of carbonyl (C=O) groups excluding carboxylic acids is 1. The average Bonchev–Trinajstić information content (AvgIpc) is 3.07. The van der Waals surface area contributed by atoms with Gasteiger partial charge < -0.3 is 15.1 Å². The molecule has 1 aliphatic rings. The van der Waals surface area contributed by atoms with E-state index < -0.39 is 0 Å². The maximum Gasteiger partial charge on any atom is 0.272 e. The van der Waals surface area contributed by atoms with Gasteiger partial charge in [-0.15, -0.1) is 12.4 Å². The Bertz CT molecular complexity index is 587. The number of H-pyrrole nitrogens is 1. The van der Waals surface area contributed by atoms with E-state index in [4.69, 9.17) is 4.42 Å². The van der Waals surface area contributed by atoms with Crippen LogP contribution in [-0.4, -0.2) is 35.2 Å². The summed E-state index contributed by atoms with van der Waals surface area (Å²) in [5.41, 5.74) is 1.10. The predicted octanol–water partition coefficient (Wildman–Crippen LogP) is 1.49. The highest BCUT2D eigenvalue weighted by Gasteiger charge is 2.19. The molecule has 6 nitrogen and oxygen atoms in total. The van der Waals surface area contributed by atoms with Gasteiger partial charge in [0.2, 0.25) is 0 Å². The number of rotatable bonds is 3. The molecule has 0 spiro atoms. The van der Waals surface area contributed by atoms with E-state index in [1.165, 1.54) is 0 Å².